The molecule has 1 N–H and O–H groups in total. The van der Waals surface area contributed by atoms with Gasteiger partial charge in [-0.05, 0) is 56.0 Å². The molecule has 2 aromatic heterocycles. The highest BCUT2D eigenvalue weighted by atomic mass is 32.1. The van der Waals surface area contributed by atoms with Crippen LogP contribution in [0.2, 0.25) is 0 Å². The van der Waals surface area contributed by atoms with Crippen LogP contribution in [0.15, 0.2) is 41.8 Å². The van der Waals surface area contributed by atoms with Gasteiger partial charge < -0.3 is 24.1 Å². The van der Waals surface area contributed by atoms with Crippen molar-refractivity contribution in [3.05, 3.63) is 57.9 Å². The van der Waals surface area contributed by atoms with E-state index in [0.717, 1.165) is 54.0 Å². The minimum atomic E-state index is -0.955. The van der Waals surface area contributed by atoms with Gasteiger partial charge in [-0.2, -0.15) is 0 Å². The van der Waals surface area contributed by atoms with Crippen LogP contribution in [-0.4, -0.2) is 49.1 Å². The summed E-state index contributed by atoms with van der Waals surface area (Å²) in [6, 6.07) is 11.6. The summed E-state index contributed by atoms with van der Waals surface area (Å²) in [5.74, 6) is 1.27. The van der Waals surface area contributed by atoms with Gasteiger partial charge in [-0.25, -0.2) is 9.78 Å². The van der Waals surface area contributed by atoms with Crippen molar-refractivity contribution in [3.63, 3.8) is 0 Å². The molecule has 0 spiro atoms. The van der Waals surface area contributed by atoms with Crippen molar-refractivity contribution in [2.45, 2.75) is 45.8 Å². The van der Waals surface area contributed by atoms with E-state index >= 15 is 0 Å². The summed E-state index contributed by atoms with van der Waals surface area (Å²) >= 11 is 3.21. The summed E-state index contributed by atoms with van der Waals surface area (Å²) in [6.07, 6.45) is -0.0764. The Morgan fingerprint density at radius 1 is 1.08 bits per heavy atom. The lowest BCUT2D eigenvalue weighted by molar-refractivity contribution is -0.153. The molecule has 0 bridgehead atoms. The van der Waals surface area contributed by atoms with Crippen molar-refractivity contribution >= 4 is 38.7 Å². The maximum Gasteiger partial charge on any atom is 0.333 e. The normalized spacial score (nSPS) is 12.2. The molecule has 0 aliphatic heterocycles. The lowest BCUT2D eigenvalue weighted by atomic mass is 10.1. The molecule has 0 saturated heterocycles. The molecule has 0 aliphatic rings. The van der Waals surface area contributed by atoms with Crippen molar-refractivity contribution in [1.29, 1.82) is 0 Å². The lowest BCUT2D eigenvalue weighted by Gasteiger charge is -2.17. The number of carboxylic acids is 1. The molecule has 0 amide bonds. The Hall–Kier alpha value is -3.14. The van der Waals surface area contributed by atoms with Gasteiger partial charge >= 0.3 is 5.97 Å². The Labute approximate surface area is 224 Å². The lowest BCUT2D eigenvalue weighted by Crippen LogP contribution is -2.29. The van der Waals surface area contributed by atoms with Crippen molar-refractivity contribution in [2.75, 3.05) is 20.8 Å². The Kier molecular flexibility index (Phi) is 8.68. The predicted octanol–water partition coefficient (Wildman–Crippen LogP) is 6.39. The van der Waals surface area contributed by atoms with E-state index in [1.807, 2.05) is 55.6 Å². The number of nitrogens with zero attached hydrogens (tertiary/aromatic N) is 1. The summed E-state index contributed by atoms with van der Waals surface area (Å²) in [4.78, 5) is 17.7. The molecule has 4 aromatic rings. The molecule has 0 radical (unpaired) electrons. The van der Waals surface area contributed by atoms with Crippen LogP contribution >= 0.6 is 22.7 Å². The second-order valence-corrected chi connectivity index (χ2v) is 10.9. The second kappa shape index (κ2) is 11.9. The second-order valence-electron chi connectivity index (χ2n) is 8.82. The Balaban J connectivity index is 1.46. The zero-order valence-corrected chi connectivity index (χ0v) is 23.2. The van der Waals surface area contributed by atoms with Gasteiger partial charge in [-0.3, -0.25) is 0 Å². The number of aryl methyl sites for hydroxylation is 1. The van der Waals surface area contributed by atoms with E-state index in [1.54, 1.807) is 36.9 Å². The SMILES string of the molecule is COc1cc(OC)cc(-c2nc(CCOc3ccc(CC(OC(C)C)C(=O)O)c4sccc34)c(C)s2)c1. The topological polar surface area (TPSA) is 87.1 Å². The molecule has 7 nitrogen and oxygen atoms in total. The Morgan fingerprint density at radius 2 is 1.81 bits per heavy atom. The van der Waals surface area contributed by atoms with Crippen LogP contribution in [0.3, 0.4) is 0 Å². The van der Waals surface area contributed by atoms with Gasteiger partial charge in [-0.15, -0.1) is 22.7 Å². The highest BCUT2D eigenvalue weighted by Gasteiger charge is 2.22. The van der Waals surface area contributed by atoms with Gasteiger partial charge in [0.15, 0.2) is 6.10 Å². The van der Waals surface area contributed by atoms with Crippen LogP contribution in [0.25, 0.3) is 20.7 Å². The monoisotopic (exact) mass is 541 g/mol. The van der Waals surface area contributed by atoms with E-state index < -0.39 is 12.1 Å². The molecule has 9 heteroatoms. The van der Waals surface area contributed by atoms with E-state index in [-0.39, 0.29) is 6.10 Å². The van der Waals surface area contributed by atoms with Gasteiger partial charge in [0.2, 0.25) is 0 Å². The fourth-order valence-corrected chi connectivity index (χ4v) is 5.96. The highest BCUT2D eigenvalue weighted by Crippen LogP contribution is 2.35. The molecule has 2 heterocycles. The number of carboxylic acid groups (broad SMARTS) is 1. The van der Waals surface area contributed by atoms with Gasteiger partial charge in [0.25, 0.3) is 0 Å². The molecule has 1 unspecified atom stereocenters. The predicted molar refractivity (Wildman–Crippen MR) is 148 cm³/mol. The smallest absolute Gasteiger partial charge is 0.333 e. The number of hydrogen-bond donors (Lipinski definition) is 1. The van der Waals surface area contributed by atoms with Crippen LogP contribution in [0.1, 0.15) is 30.0 Å². The number of carbonyl (C=O) groups is 1. The zero-order chi connectivity index (χ0) is 26.5. The summed E-state index contributed by atoms with van der Waals surface area (Å²) in [6.45, 7) is 6.23. The van der Waals surface area contributed by atoms with Gasteiger partial charge in [0.05, 0.1) is 32.6 Å². The maximum atomic E-state index is 11.7. The fourth-order valence-electron chi connectivity index (χ4n) is 4.07. The number of fused-ring (bicyclic) bond motifs is 1. The fraction of sp³-hybridized carbons (Fsp3) is 0.357. The van der Waals surface area contributed by atoms with E-state index in [9.17, 15) is 9.90 Å². The van der Waals surface area contributed by atoms with Crippen molar-refractivity contribution in [2.24, 2.45) is 0 Å². The average Bonchev–Trinajstić information content (AvgIpc) is 3.51. The van der Waals surface area contributed by atoms with Crippen LogP contribution in [-0.2, 0) is 22.4 Å². The van der Waals surface area contributed by atoms with Crippen molar-refractivity contribution < 1.29 is 28.8 Å². The Morgan fingerprint density at radius 3 is 2.46 bits per heavy atom. The van der Waals surface area contributed by atoms with Gasteiger partial charge in [0.1, 0.15) is 22.3 Å². The van der Waals surface area contributed by atoms with E-state index in [4.69, 9.17) is 23.9 Å². The van der Waals surface area contributed by atoms with Gasteiger partial charge in [0, 0.05) is 39.4 Å². The largest absolute Gasteiger partial charge is 0.497 e. The first-order chi connectivity index (χ1) is 17.8. The number of rotatable bonds is 12. The number of thiazole rings is 1. The van der Waals surface area contributed by atoms with E-state index in [2.05, 4.69) is 6.92 Å². The van der Waals surface area contributed by atoms with Gasteiger partial charge in [-0.1, -0.05) is 6.07 Å². The molecular weight excluding hydrogens is 510 g/mol. The van der Waals surface area contributed by atoms with Crippen LogP contribution in [0.5, 0.6) is 17.2 Å². The quantitative estimate of drug-likeness (QED) is 0.222. The Bertz CT molecular complexity index is 1350. The molecule has 1 atom stereocenters. The number of methoxy groups -OCH3 is 2. The molecule has 4 rings (SSSR count). The average molecular weight is 542 g/mol. The summed E-state index contributed by atoms with van der Waals surface area (Å²) in [5.41, 5.74) is 2.89. The zero-order valence-electron chi connectivity index (χ0n) is 21.6. The standard InChI is InChI=1S/C28H31NO6S2/c1-16(2)35-25(28(30)31)14-18-6-7-24(22-9-11-36-26(18)22)34-10-8-23-17(3)37-27(29-23)19-12-20(32-4)15-21(13-19)33-5/h6-7,9,11-13,15-16,25H,8,10,14H2,1-5H3,(H,30,31). The molecule has 0 fully saturated rings. The number of benzene rings is 2. The van der Waals surface area contributed by atoms with E-state index in [1.165, 1.54) is 0 Å². The molecular formula is C28H31NO6S2. The summed E-state index contributed by atoms with van der Waals surface area (Å²) < 4.78 is 23.6. The first-order valence-electron chi connectivity index (χ1n) is 12.0. The minimum absolute atomic E-state index is 0.164. The minimum Gasteiger partial charge on any atom is -0.497 e. The first kappa shape index (κ1) is 26.9. The third kappa shape index (κ3) is 6.41. The van der Waals surface area contributed by atoms with Crippen LogP contribution in [0, 0.1) is 6.92 Å². The third-order valence-corrected chi connectivity index (χ3v) is 7.92. The molecule has 0 saturated carbocycles. The molecule has 2 aromatic carbocycles. The number of aliphatic carboxylic acids is 1. The maximum absolute atomic E-state index is 11.7. The van der Waals surface area contributed by atoms with E-state index in [0.29, 0.717) is 19.4 Å². The highest BCUT2D eigenvalue weighted by molar-refractivity contribution is 7.17. The van der Waals surface area contributed by atoms with Crippen molar-refractivity contribution in [3.8, 4) is 27.8 Å². The molecule has 196 valence electrons. The number of thiophene rings is 1. The van der Waals surface area contributed by atoms with Crippen LogP contribution in [0.4, 0.5) is 0 Å². The molecule has 37 heavy (non-hydrogen) atoms. The summed E-state index contributed by atoms with van der Waals surface area (Å²) in [7, 11) is 3.27. The number of ether oxygens (including phenoxy) is 4. The first-order valence-corrected chi connectivity index (χ1v) is 13.7. The number of hydrogen-bond acceptors (Lipinski definition) is 8. The number of aromatic nitrogens is 1. The van der Waals surface area contributed by atoms with Crippen molar-refractivity contribution in [1.82, 2.24) is 4.98 Å². The van der Waals surface area contributed by atoms with Crippen LogP contribution < -0.4 is 14.2 Å². The third-order valence-electron chi connectivity index (χ3n) is 5.86. The summed E-state index contributed by atoms with van der Waals surface area (Å²) in [5, 5.41) is 13.5. The molecule has 0 aliphatic carbocycles.